The summed E-state index contributed by atoms with van der Waals surface area (Å²) in [4.78, 5) is 10.3. The van der Waals surface area contributed by atoms with Crippen LogP contribution >= 0.6 is 10.0 Å². The lowest BCUT2D eigenvalue weighted by Crippen LogP contribution is -2.61. The van der Waals surface area contributed by atoms with Crippen LogP contribution in [-0.4, -0.2) is 6.71 Å². The zero-order chi connectivity index (χ0) is 61.1. The molecule has 0 bridgehead atoms. The zero-order valence-electron chi connectivity index (χ0n) is 52.0. The Bertz CT molecular complexity index is 4450. The standard InChI is InChI=1S/C86H71BN2S/c1-85(2,3)66-45-49-68(50-46-66)88-80-53-43-63(76-41-24-22-39-74(76)60-27-12-7-13-28-60)56-78(80)87-79-57-64(77-42-25-23-40-75(77)61-29-14-8-15-30-61)44-54-81(79)89(69-51-47-67(48-52-69)86(4,5)6)83-59-65(58-82(88)84(83)87)62-31-26-38-73(55-62)90(70-32-16-9-17-33-70,71-34-18-10-19-35-71)72-36-20-11-21-37-72/h7-59H,1-6H3. The van der Waals surface area contributed by atoms with E-state index in [4.69, 9.17) is 0 Å². The molecule has 2 heterocycles. The van der Waals surface area contributed by atoms with Crippen LogP contribution in [0.2, 0.25) is 0 Å². The Morgan fingerprint density at radius 1 is 0.256 bits per heavy atom. The summed E-state index contributed by atoms with van der Waals surface area (Å²) in [5, 5.41) is 0. The largest absolute Gasteiger partial charge is 0.311 e. The fourth-order valence-corrected chi connectivity index (χ4v) is 18.0. The molecule has 2 aliphatic heterocycles. The molecule has 13 aromatic rings. The molecule has 15 rings (SSSR count). The Kier molecular flexibility index (Phi) is 14.3. The van der Waals surface area contributed by atoms with Crippen molar-refractivity contribution in [1.29, 1.82) is 0 Å². The normalized spacial score (nSPS) is 12.9. The second-order valence-corrected chi connectivity index (χ2v) is 29.2. The van der Waals surface area contributed by atoms with Gasteiger partial charge in [-0.1, -0.05) is 266 Å². The molecule has 2 aliphatic rings. The topological polar surface area (TPSA) is 6.48 Å². The summed E-state index contributed by atoms with van der Waals surface area (Å²) in [5.41, 5.74) is 25.1. The lowest BCUT2D eigenvalue weighted by Gasteiger charge is -2.45. The van der Waals surface area contributed by atoms with Crippen LogP contribution in [0.15, 0.2) is 341 Å². The van der Waals surface area contributed by atoms with E-state index in [1.54, 1.807) is 0 Å². The maximum absolute atomic E-state index is 2.59. The van der Waals surface area contributed by atoms with Gasteiger partial charge in [-0.05, 0) is 191 Å². The molecule has 0 saturated heterocycles. The lowest BCUT2D eigenvalue weighted by molar-refractivity contribution is 0.590. The van der Waals surface area contributed by atoms with Crippen LogP contribution in [0.1, 0.15) is 52.7 Å². The summed E-state index contributed by atoms with van der Waals surface area (Å²) in [7, 11) is -2.01. The highest BCUT2D eigenvalue weighted by Gasteiger charge is 2.45. The minimum atomic E-state index is -2.01. The van der Waals surface area contributed by atoms with E-state index in [-0.39, 0.29) is 17.5 Å². The minimum absolute atomic E-state index is 0.0331. The molecule has 0 aromatic heterocycles. The van der Waals surface area contributed by atoms with E-state index in [2.05, 4.69) is 373 Å². The summed E-state index contributed by atoms with van der Waals surface area (Å²) >= 11 is 0. The second kappa shape index (κ2) is 22.8. The maximum atomic E-state index is 2.59. The summed E-state index contributed by atoms with van der Waals surface area (Å²) in [5.74, 6) is 0. The fourth-order valence-electron chi connectivity index (χ4n) is 14.0. The molecule has 0 unspecified atom stereocenters. The van der Waals surface area contributed by atoms with E-state index in [0.717, 1.165) is 33.9 Å². The van der Waals surface area contributed by atoms with E-state index in [0.29, 0.717) is 0 Å². The van der Waals surface area contributed by atoms with Crippen molar-refractivity contribution in [2.75, 3.05) is 9.80 Å². The predicted molar refractivity (Wildman–Crippen MR) is 385 cm³/mol. The molecule has 0 fully saturated rings. The van der Waals surface area contributed by atoms with Crippen LogP contribution in [-0.2, 0) is 10.8 Å². The number of fused-ring (bicyclic) bond motifs is 4. The average molecular weight is 1180 g/mol. The first kappa shape index (κ1) is 56.4. The number of rotatable bonds is 11. The van der Waals surface area contributed by atoms with Crippen molar-refractivity contribution in [3.05, 3.63) is 333 Å². The van der Waals surface area contributed by atoms with Gasteiger partial charge in [0.2, 0.25) is 0 Å². The van der Waals surface area contributed by atoms with Gasteiger partial charge >= 0.3 is 0 Å². The number of nitrogens with zero attached hydrogens (tertiary/aromatic N) is 2. The summed E-state index contributed by atoms with van der Waals surface area (Å²) in [6.07, 6.45) is 0. The molecular weight excluding hydrogens is 1100 g/mol. The third-order valence-electron chi connectivity index (χ3n) is 18.5. The molecule has 2 nitrogen and oxygen atoms in total. The molecule has 90 heavy (non-hydrogen) atoms. The van der Waals surface area contributed by atoms with E-state index < -0.39 is 10.0 Å². The third-order valence-corrected chi connectivity index (χ3v) is 22.4. The highest BCUT2D eigenvalue weighted by molar-refractivity contribution is 8.34. The van der Waals surface area contributed by atoms with Gasteiger partial charge in [0.1, 0.15) is 0 Å². The average Bonchev–Trinajstić information content (AvgIpc) is 0.704. The van der Waals surface area contributed by atoms with E-state index >= 15 is 0 Å². The number of hydrogen-bond acceptors (Lipinski definition) is 2. The lowest BCUT2D eigenvalue weighted by atomic mass is 9.33. The van der Waals surface area contributed by atoms with E-state index in [1.807, 2.05) is 0 Å². The Labute approximate surface area is 533 Å². The number of anilines is 6. The van der Waals surface area contributed by atoms with Crippen LogP contribution in [0.3, 0.4) is 0 Å². The zero-order valence-corrected chi connectivity index (χ0v) is 52.8. The monoisotopic (exact) mass is 1170 g/mol. The molecule has 13 aromatic carbocycles. The molecule has 0 radical (unpaired) electrons. The van der Waals surface area contributed by atoms with Crippen LogP contribution < -0.4 is 26.2 Å². The summed E-state index contributed by atoms with van der Waals surface area (Å²) in [6, 6.07) is 121. The van der Waals surface area contributed by atoms with Gasteiger partial charge in [-0.25, -0.2) is 0 Å². The summed E-state index contributed by atoms with van der Waals surface area (Å²) < 4.78 is 0. The molecule has 0 atom stereocenters. The van der Waals surface area contributed by atoms with Crippen molar-refractivity contribution in [2.24, 2.45) is 0 Å². The molecule has 434 valence electrons. The molecule has 0 amide bonds. The van der Waals surface area contributed by atoms with E-state index in [9.17, 15) is 0 Å². The van der Waals surface area contributed by atoms with Crippen LogP contribution in [0, 0.1) is 0 Å². The number of hydrogen-bond donors (Lipinski definition) is 0. The third kappa shape index (κ3) is 9.88. The van der Waals surface area contributed by atoms with E-state index in [1.165, 1.54) is 103 Å². The Morgan fingerprint density at radius 3 is 0.967 bits per heavy atom. The van der Waals surface area contributed by atoms with Crippen LogP contribution in [0.4, 0.5) is 34.1 Å². The quantitative estimate of drug-likeness (QED) is 0.119. The fraction of sp³-hybridized carbons (Fsp3) is 0.0930. The van der Waals surface area contributed by atoms with Crippen LogP contribution in [0.5, 0.6) is 0 Å². The molecular formula is C86H71BN2S. The smallest absolute Gasteiger partial charge is 0.252 e. The van der Waals surface area contributed by atoms with Crippen molar-refractivity contribution < 1.29 is 0 Å². The first-order chi connectivity index (χ1) is 43.9. The molecule has 0 N–H and O–H groups in total. The van der Waals surface area contributed by atoms with Crippen molar-refractivity contribution in [1.82, 2.24) is 0 Å². The van der Waals surface area contributed by atoms with Crippen LogP contribution in [0.25, 0.3) is 55.6 Å². The highest BCUT2D eigenvalue weighted by atomic mass is 32.3. The predicted octanol–water partition coefficient (Wildman–Crippen LogP) is 22.0. The molecule has 0 spiro atoms. The van der Waals surface area contributed by atoms with Gasteiger partial charge in [-0.2, -0.15) is 0 Å². The maximum Gasteiger partial charge on any atom is 0.252 e. The Morgan fingerprint density at radius 2 is 0.589 bits per heavy atom. The van der Waals surface area contributed by atoms with Gasteiger partial charge in [0.05, 0.1) is 0 Å². The number of benzene rings is 13. The van der Waals surface area contributed by atoms with Gasteiger partial charge in [-0.3, -0.25) is 0 Å². The second-order valence-electron chi connectivity index (χ2n) is 26.1. The molecule has 0 aliphatic carbocycles. The minimum Gasteiger partial charge on any atom is -0.311 e. The van der Waals surface area contributed by atoms with Gasteiger partial charge < -0.3 is 9.80 Å². The van der Waals surface area contributed by atoms with Crippen molar-refractivity contribution in [2.45, 2.75) is 72.0 Å². The van der Waals surface area contributed by atoms with Crippen molar-refractivity contribution in [3.63, 3.8) is 0 Å². The first-order valence-electron chi connectivity index (χ1n) is 31.6. The Hall–Kier alpha value is -10.1. The first-order valence-corrected chi connectivity index (χ1v) is 33.2. The van der Waals surface area contributed by atoms with Crippen molar-refractivity contribution >= 4 is 67.3 Å². The highest BCUT2D eigenvalue weighted by Crippen LogP contribution is 2.73. The van der Waals surface area contributed by atoms with Gasteiger partial charge in [0, 0.05) is 53.7 Å². The molecule has 4 heteroatoms. The summed E-state index contributed by atoms with van der Waals surface area (Å²) in [6.45, 7) is 13.7. The van der Waals surface area contributed by atoms with Gasteiger partial charge in [-0.15, -0.1) is 10.0 Å². The Balaban J connectivity index is 1.04. The molecule has 0 saturated carbocycles. The SMILES string of the molecule is CC(C)(C)c1ccc(N2c3ccc(-c4ccccc4-c4ccccc4)cc3B3c4cc(-c5ccccc5-c5ccccc5)ccc4N(c4ccc(C(C)(C)C)cc4)c4cc(-c5cccc(S(c6ccccc6)(c6ccccc6)c6ccccc6)c5)cc2c43)cc1. The van der Waals surface area contributed by atoms with Gasteiger partial charge in [0.25, 0.3) is 6.71 Å². The van der Waals surface area contributed by atoms with Crippen molar-refractivity contribution in [3.8, 4) is 55.6 Å². The van der Waals surface area contributed by atoms with Gasteiger partial charge in [0.15, 0.2) is 0 Å².